The molecule has 7 nitrogen and oxygen atoms in total. The zero-order valence-electron chi connectivity index (χ0n) is 15.4. The Morgan fingerprint density at radius 2 is 1.86 bits per heavy atom. The number of hydrogen-bond acceptors (Lipinski definition) is 6. The van der Waals surface area contributed by atoms with Crippen LogP contribution in [-0.4, -0.2) is 49.4 Å². The minimum atomic E-state index is -1.04. The first kappa shape index (κ1) is 20.0. The molecule has 1 saturated heterocycles. The second kappa shape index (κ2) is 8.95. The minimum Gasteiger partial charge on any atom is -0.507 e. The number of anilines is 2. The van der Waals surface area contributed by atoms with Gasteiger partial charge in [0.1, 0.15) is 11.3 Å². The van der Waals surface area contributed by atoms with Crippen molar-refractivity contribution in [1.29, 1.82) is 0 Å². The predicted molar refractivity (Wildman–Crippen MR) is 106 cm³/mol. The molecule has 0 radical (unpaired) electrons. The first-order valence-electron chi connectivity index (χ1n) is 8.87. The summed E-state index contributed by atoms with van der Waals surface area (Å²) < 4.78 is 10.5. The van der Waals surface area contributed by atoms with Crippen LogP contribution in [0.2, 0.25) is 5.02 Å². The molecule has 0 bridgehead atoms. The normalized spacial score (nSPS) is 15.0. The van der Waals surface area contributed by atoms with Crippen LogP contribution in [0.3, 0.4) is 0 Å². The zero-order chi connectivity index (χ0) is 20.1. The molecule has 0 saturated carbocycles. The van der Waals surface area contributed by atoms with Crippen molar-refractivity contribution in [2.45, 2.75) is 13.0 Å². The van der Waals surface area contributed by atoms with Gasteiger partial charge in [-0.3, -0.25) is 4.79 Å². The average Bonchev–Trinajstić information content (AvgIpc) is 2.69. The van der Waals surface area contributed by atoms with Gasteiger partial charge in [0.15, 0.2) is 6.10 Å². The molecule has 3 rings (SSSR count). The summed E-state index contributed by atoms with van der Waals surface area (Å²) in [6.45, 7) is 4.52. The number of morpholine rings is 1. The van der Waals surface area contributed by atoms with E-state index < -0.39 is 18.0 Å². The minimum absolute atomic E-state index is 0.0566. The monoisotopic (exact) mass is 404 g/mol. The van der Waals surface area contributed by atoms with E-state index >= 15 is 0 Å². The first-order chi connectivity index (χ1) is 13.4. The van der Waals surface area contributed by atoms with Gasteiger partial charge >= 0.3 is 5.97 Å². The van der Waals surface area contributed by atoms with Crippen LogP contribution in [0.4, 0.5) is 11.4 Å². The number of benzene rings is 2. The van der Waals surface area contributed by atoms with Crippen molar-refractivity contribution in [3.05, 3.63) is 53.1 Å². The number of phenols is 1. The number of nitrogens with one attached hydrogen (secondary N) is 1. The van der Waals surface area contributed by atoms with Gasteiger partial charge in [-0.05, 0) is 49.4 Å². The van der Waals surface area contributed by atoms with E-state index in [1.165, 1.54) is 25.1 Å². The molecule has 1 aliphatic rings. The van der Waals surface area contributed by atoms with Gasteiger partial charge in [0.05, 0.1) is 13.2 Å². The van der Waals surface area contributed by atoms with E-state index in [1.54, 1.807) is 12.1 Å². The standard InChI is InChI=1S/C20H21ClN2O5/c1-13(28-20(26)17-7-2-14(21)12-18(17)24)19(25)22-15-3-5-16(6-4-15)23-8-10-27-11-9-23/h2-7,12-13,24H,8-11H2,1H3,(H,22,25). The quantitative estimate of drug-likeness (QED) is 0.744. The molecule has 1 aliphatic heterocycles. The van der Waals surface area contributed by atoms with Crippen LogP contribution in [0, 0.1) is 0 Å². The Balaban J connectivity index is 1.56. The van der Waals surface area contributed by atoms with Gasteiger partial charge in [0.2, 0.25) is 0 Å². The number of aromatic hydroxyl groups is 1. The van der Waals surface area contributed by atoms with Crippen LogP contribution in [0.25, 0.3) is 0 Å². The fourth-order valence-electron chi connectivity index (χ4n) is 2.78. The van der Waals surface area contributed by atoms with Crippen LogP contribution >= 0.6 is 11.6 Å². The lowest BCUT2D eigenvalue weighted by atomic mass is 10.2. The molecule has 0 aromatic heterocycles. The highest BCUT2D eigenvalue weighted by atomic mass is 35.5. The number of ether oxygens (including phenoxy) is 2. The molecule has 1 atom stereocenters. The van der Waals surface area contributed by atoms with Crippen molar-refractivity contribution in [2.24, 2.45) is 0 Å². The Kier molecular flexibility index (Phi) is 6.38. The van der Waals surface area contributed by atoms with Gasteiger partial charge in [-0.2, -0.15) is 0 Å². The molecule has 1 amide bonds. The van der Waals surface area contributed by atoms with Crippen molar-refractivity contribution in [2.75, 3.05) is 36.5 Å². The number of carbonyl (C=O) groups is 2. The average molecular weight is 405 g/mol. The Morgan fingerprint density at radius 1 is 1.18 bits per heavy atom. The highest BCUT2D eigenvalue weighted by Gasteiger charge is 2.21. The lowest BCUT2D eigenvalue weighted by Gasteiger charge is -2.28. The fourth-order valence-corrected chi connectivity index (χ4v) is 2.94. The van der Waals surface area contributed by atoms with Crippen molar-refractivity contribution < 1.29 is 24.2 Å². The predicted octanol–water partition coefficient (Wildman–Crippen LogP) is 3.07. The fraction of sp³-hybridized carbons (Fsp3) is 0.300. The molecule has 0 spiro atoms. The number of amides is 1. The van der Waals surface area contributed by atoms with Crippen molar-refractivity contribution in [1.82, 2.24) is 0 Å². The van der Waals surface area contributed by atoms with Crippen molar-refractivity contribution in [3.63, 3.8) is 0 Å². The Morgan fingerprint density at radius 3 is 2.50 bits per heavy atom. The van der Waals surface area contributed by atoms with Crippen molar-refractivity contribution >= 4 is 34.9 Å². The van der Waals surface area contributed by atoms with Gasteiger partial charge in [0, 0.05) is 29.5 Å². The third-order valence-electron chi connectivity index (χ3n) is 4.34. The lowest BCUT2D eigenvalue weighted by molar-refractivity contribution is -0.123. The zero-order valence-corrected chi connectivity index (χ0v) is 16.1. The third-order valence-corrected chi connectivity index (χ3v) is 4.58. The summed E-state index contributed by atoms with van der Waals surface area (Å²) in [6, 6.07) is 11.5. The lowest BCUT2D eigenvalue weighted by Crippen LogP contribution is -2.36. The number of nitrogens with zero attached hydrogens (tertiary/aromatic N) is 1. The molecule has 0 aliphatic carbocycles. The van der Waals surface area contributed by atoms with Crippen LogP contribution in [0.1, 0.15) is 17.3 Å². The van der Waals surface area contributed by atoms with E-state index in [2.05, 4.69) is 10.2 Å². The summed E-state index contributed by atoms with van der Waals surface area (Å²) in [4.78, 5) is 26.7. The number of halogens is 1. The molecule has 2 N–H and O–H groups in total. The molecular weight excluding hydrogens is 384 g/mol. The summed E-state index contributed by atoms with van der Waals surface area (Å²) in [5.41, 5.74) is 1.59. The van der Waals surface area contributed by atoms with E-state index in [-0.39, 0.29) is 11.3 Å². The number of esters is 1. The Hall–Kier alpha value is -2.77. The van der Waals surface area contributed by atoms with Crippen molar-refractivity contribution in [3.8, 4) is 5.75 Å². The molecule has 1 heterocycles. The maximum absolute atomic E-state index is 12.3. The SMILES string of the molecule is CC(OC(=O)c1ccc(Cl)cc1O)C(=O)Nc1ccc(N2CCOCC2)cc1. The van der Waals surface area contributed by atoms with E-state index in [0.717, 1.165) is 18.8 Å². The third kappa shape index (κ3) is 4.94. The molecular formula is C20H21ClN2O5. The summed E-state index contributed by atoms with van der Waals surface area (Å²) >= 11 is 5.74. The Bertz CT molecular complexity index is 850. The maximum Gasteiger partial charge on any atom is 0.342 e. The van der Waals surface area contributed by atoms with E-state index in [1.807, 2.05) is 12.1 Å². The van der Waals surface area contributed by atoms with E-state index in [4.69, 9.17) is 21.1 Å². The molecule has 1 unspecified atom stereocenters. The second-order valence-electron chi connectivity index (χ2n) is 6.34. The van der Waals surface area contributed by atoms with Gasteiger partial charge in [-0.1, -0.05) is 11.6 Å². The number of phenolic OH excluding ortho intramolecular Hbond substituents is 1. The molecule has 2 aromatic rings. The summed E-state index contributed by atoms with van der Waals surface area (Å²) in [7, 11) is 0. The molecule has 8 heteroatoms. The number of carbonyl (C=O) groups excluding carboxylic acids is 2. The maximum atomic E-state index is 12.3. The Labute approximate surface area is 167 Å². The highest BCUT2D eigenvalue weighted by Crippen LogP contribution is 2.23. The smallest absolute Gasteiger partial charge is 0.342 e. The molecule has 2 aromatic carbocycles. The highest BCUT2D eigenvalue weighted by molar-refractivity contribution is 6.30. The number of rotatable bonds is 5. The van der Waals surface area contributed by atoms with E-state index in [9.17, 15) is 14.7 Å². The molecule has 28 heavy (non-hydrogen) atoms. The largest absolute Gasteiger partial charge is 0.507 e. The summed E-state index contributed by atoms with van der Waals surface area (Å²) in [5, 5.41) is 12.8. The van der Waals surface area contributed by atoms with Crippen LogP contribution in [0.5, 0.6) is 5.75 Å². The summed E-state index contributed by atoms with van der Waals surface area (Å²) in [6.07, 6.45) is -1.04. The molecule has 148 valence electrons. The van der Waals surface area contributed by atoms with Crippen LogP contribution in [0.15, 0.2) is 42.5 Å². The van der Waals surface area contributed by atoms with E-state index in [0.29, 0.717) is 23.9 Å². The van der Waals surface area contributed by atoms with Gasteiger partial charge in [-0.15, -0.1) is 0 Å². The molecule has 1 fully saturated rings. The van der Waals surface area contributed by atoms with Gasteiger partial charge in [0.25, 0.3) is 5.91 Å². The van der Waals surface area contributed by atoms with Crippen LogP contribution < -0.4 is 10.2 Å². The summed E-state index contributed by atoms with van der Waals surface area (Å²) in [5.74, 6) is -1.58. The first-order valence-corrected chi connectivity index (χ1v) is 9.25. The topological polar surface area (TPSA) is 88.1 Å². The second-order valence-corrected chi connectivity index (χ2v) is 6.78. The van der Waals surface area contributed by atoms with Crippen LogP contribution in [-0.2, 0) is 14.3 Å². The van der Waals surface area contributed by atoms with Gasteiger partial charge < -0.3 is 24.8 Å². The number of hydrogen-bond donors (Lipinski definition) is 2. The van der Waals surface area contributed by atoms with Gasteiger partial charge in [-0.25, -0.2) is 4.79 Å².